The molecule has 2 aromatic carbocycles. The smallest absolute Gasteiger partial charge is 0.341 e. The summed E-state index contributed by atoms with van der Waals surface area (Å²) >= 11 is 0. The van der Waals surface area contributed by atoms with Gasteiger partial charge < -0.3 is 19.5 Å². The van der Waals surface area contributed by atoms with Gasteiger partial charge in [-0.15, -0.1) is 0 Å². The van der Waals surface area contributed by atoms with Crippen LogP contribution in [-0.4, -0.2) is 61.6 Å². The molecule has 11 heteroatoms. The molecular weight excluding hydrogens is 513 g/mol. The largest absolute Gasteiger partial charge is 0.477 e. The van der Waals surface area contributed by atoms with E-state index < -0.39 is 22.8 Å². The molecule has 0 radical (unpaired) electrons. The summed E-state index contributed by atoms with van der Waals surface area (Å²) in [5, 5.41) is 13.7. The molecule has 0 amide bonds. The number of anilines is 2. The fourth-order valence-electron chi connectivity index (χ4n) is 5.13. The van der Waals surface area contributed by atoms with Crippen LogP contribution < -0.4 is 15.2 Å². The summed E-state index contributed by atoms with van der Waals surface area (Å²) in [6.45, 7) is 5.02. The van der Waals surface area contributed by atoms with Crippen LogP contribution in [0.15, 0.2) is 78.2 Å². The molecule has 40 heavy (non-hydrogen) atoms. The number of piperazine rings is 1. The zero-order valence-corrected chi connectivity index (χ0v) is 21.7. The Balaban J connectivity index is 1.37. The van der Waals surface area contributed by atoms with Gasteiger partial charge in [0.2, 0.25) is 5.43 Å². The highest BCUT2D eigenvalue weighted by Crippen LogP contribution is 2.27. The number of fused-ring (bicyclic) bond motifs is 1. The molecule has 1 aliphatic heterocycles. The molecule has 0 bridgehead atoms. The first-order chi connectivity index (χ1) is 19.4. The monoisotopic (exact) mass is 539 g/mol. The molecule has 0 aliphatic carbocycles. The van der Waals surface area contributed by atoms with Crippen molar-refractivity contribution in [2.45, 2.75) is 13.5 Å². The number of carboxylic acids is 1. The maximum Gasteiger partial charge on any atom is 0.341 e. The maximum atomic E-state index is 15.4. The number of rotatable bonds is 6. The van der Waals surface area contributed by atoms with E-state index in [1.54, 1.807) is 23.1 Å². The van der Waals surface area contributed by atoms with Crippen molar-refractivity contribution in [1.29, 1.82) is 0 Å². The molecule has 1 saturated heterocycles. The minimum atomic E-state index is -1.39. The van der Waals surface area contributed by atoms with Crippen LogP contribution in [0.25, 0.3) is 16.7 Å². The minimum Gasteiger partial charge on any atom is -0.477 e. The average Bonchev–Trinajstić information content (AvgIpc) is 3.47. The van der Waals surface area contributed by atoms with Crippen LogP contribution in [0.1, 0.15) is 21.5 Å². The molecule has 0 spiro atoms. The molecule has 5 aromatic rings. The van der Waals surface area contributed by atoms with Crippen LogP contribution in [0.2, 0.25) is 0 Å². The number of pyridine rings is 2. The minimum absolute atomic E-state index is 0.0913. The zero-order chi connectivity index (χ0) is 27.8. The Kier molecular flexibility index (Phi) is 6.47. The normalized spacial score (nSPS) is 13.7. The van der Waals surface area contributed by atoms with Gasteiger partial charge in [-0.1, -0.05) is 30.3 Å². The Morgan fingerprint density at radius 2 is 1.75 bits per heavy atom. The van der Waals surface area contributed by atoms with Crippen molar-refractivity contribution in [3.8, 4) is 5.69 Å². The number of benzene rings is 2. The Labute approximate surface area is 228 Å². The van der Waals surface area contributed by atoms with Crippen LogP contribution in [0.3, 0.4) is 0 Å². The number of aromatic nitrogens is 5. The topological polar surface area (TPSA) is 109 Å². The number of hydrogen-bond donors (Lipinski definition) is 1. The van der Waals surface area contributed by atoms with E-state index in [1.165, 1.54) is 22.7 Å². The molecule has 10 nitrogen and oxygen atoms in total. The van der Waals surface area contributed by atoms with E-state index in [4.69, 9.17) is 0 Å². The lowest BCUT2D eigenvalue weighted by molar-refractivity contribution is 0.0695. The predicted molar refractivity (Wildman–Crippen MR) is 149 cm³/mol. The van der Waals surface area contributed by atoms with E-state index in [1.807, 2.05) is 29.2 Å². The number of carbonyl (C=O) groups is 1. The van der Waals surface area contributed by atoms with Crippen molar-refractivity contribution in [2.24, 2.45) is 0 Å². The van der Waals surface area contributed by atoms with Crippen LogP contribution in [0, 0.1) is 12.7 Å². The number of carboxylic acid groups (broad SMARTS) is 1. The number of aromatic carboxylic acids is 1. The second-order valence-electron chi connectivity index (χ2n) is 9.73. The standard InChI is InChI=1S/C29H26FN7O3/c1-19-4-2-3-5-25(19)34-10-12-35(13-11-34)28-24(30)14-22-26(38)23(29(39)40)16-37(27(22)33-28)21-8-6-20(7-9-21)15-36-18-31-17-32-36/h2-9,14,16-18H,10-13,15H2,1H3,(H,39,40). The van der Waals surface area contributed by atoms with Gasteiger partial charge in [0.05, 0.1) is 11.9 Å². The Bertz CT molecular complexity index is 1760. The first kappa shape index (κ1) is 25.2. The van der Waals surface area contributed by atoms with Crippen molar-refractivity contribution < 1.29 is 14.3 Å². The SMILES string of the molecule is Cc1ccccc1N1CCN(c2nc3c(cc2F)c(=O)c(C(=O)O)cn3-c2ccc(Cn3cncn3)cc2)CC1. The third-order valence-corrected chi connectivity index (χ3v) is 7.20. The fourth-order valence-corrected chi connectivity index (χ4v) is 5.13. The number of aryl methyl sites for hydroxylation is 1. The van der Waals surface area contributed by atoms with Crippen molar-refractivity contribution in [1.82, 2.24) is 24.3 Å². The molecule has 0 saturated carbocycles. The Morgan fingerprint density at radius 1 is 1.02 bits per heavy atom. The highest BCUT2D eigenvalue weighted by atomic mass is 19.1. The highest BCUT2D eigenvalue weighted by Gasteiger charge is 2.25. The summed E-state index contributed by atoms with van der Waals surface area (Å²) in [5.74, 6) is -1.91. The third-order valence-electron chi connectivity index (χ3n) is 7.20. The predicted octanol–water partition coefficient (Wildman–Crippen LogP) is 3.50. The lowest BCUT2D eigenvalue weighted by atomic mass is 10.1. The number of para-hydroxylation sites is 1. The quantitative estimate of drug-likeness (QED) is 0.349. The molecule has 1 N–H and O–H groups in total. The number of nitrogens with zero attached hydrogens (tertiary/aromatic N) is 7. The molecule has 6 rings (SSSR count). The van der Waals surface area contributed by atoms with Gasteiger partial charge in [0.1, 0.15) is 18.2 Å². The third kappa shape index (κ3) is 4.66. The van der Waals surface area contributed by atoms with Crippen LogP contribution in [0.5, 0.6) is 0 Å². The summed E-state index contributed by atoms with van der Waals surface area (Å²) in [6, 6.07) is 16.6. The van der Waals surface area contributed by atoms with E-state index in [0.717, 1.165) is 17.3 Å². The number of halogens is 1. The Hall–Kier alpha value is -5.06. The second kappa shape index (κ2) is 10.3. The molecule has 1 aliphatic rings. The van der Waals surface area contributed by atoms with Crippen molar-refractivity contribution in [3.05, 3.63) is 106 Å². The Morgan fingerprint density at radius 3 is 2.42 bits per heavy atom. The molecule has 0 unspecified atom stereocenters. The van der Waals surface area contributed by atoms with Crippen molar-refractivity contribution >= 4 is 28.5 Å². The van der Waals surface area contributed by atoms with E-state index in [-0.39, 0.29) is 16.9 Å². The van der Waals surface area contributed by atoms with Gasteiger partial charge >= 0.3 is 5.97 Å². The summed E-state index contributed by atoms with van der Waals surface area (Å²) in [7, 11) is 0. The summed E-state index contributed by atoms with van der Waals surface area (Å²) in [4.78, 5) is 37.6. The molecular formula is C29H26FN7O3. The maximum absolute atomic E-state index is 15.4. The van der Waals surface area contributed by atoms with Gasteiger partial charge in [-0.3, -0.25) is 4.79 Å². The van der Waals surface area contributed by atoms with E-state index in [9.17, 15) is 14.7 Å². The lowest BCUT2D eigenvalue weighted by Crippen LogP contribution is -2.47. The second-order valence-corrected chi connectivity index (χ2v) is 9.73. The zero-order valence-electron chi connectivity index (χ0n) is 21.7. The highest BCUT2D eigenvalue weighted by molar-refractivity contribution is 5.92. The van der Waals surface area contributed by atoms with E-state index in [0.29, 0.717) is 38.4 Å². The lowest BCUT2D eigenvalue weighted by Gasteiger charge is -2.37. The van der Waals surface area contributed by atoms with Crippen LogP contribution in [-0.2, 0) is 6.54 Å². The first-order valence-corrected chi connectivity index (χ1v) is 12.9. The van der Waals surface area contributed by atoms with Gasteiger partial charge in [0, 0.05) is 43.8 Å². The average molecular weight is 540 g/mol. The van der Waals surface area contributed by atoms with Crippen molar-refractivity contribution in [3.63, 3.8) is 0 Å². The molecule has 202 valence electrons. The van der Waals surface area contributed by atoms with Gasteiger partial charge in [0.25, 0.3) is 0 Å². The molecule has 0 atom stereocenters. The number of hydrogen-bond acceptors (Lipinski definition) is 7. The van der Waals surface area contributed by atoms with Gasteiger partial charge in [-0.25, -0.2) is 23.8 Å². The van der Waals surface area contributed by atoms with Crippen LogP contribution >= 0.6 is 0 Å². The summed E-state index contributed by atoms with van der Waals surface area (Å²) in [6.07, 6.45) is 4.33. The van der Waals surface area contributed by atoms with Gasteiger partial charge in [-0.05, 0) is 42.3 Å². The van der Waals surface area contributed by atoms with E-state index >= 15 is 4.39 Å². The molecule has 4 heterocycles. The van der Waals surface area contributed by atoms with Gasteiger partial charge in [0.15, 0.2) is 17.3 Å². The summed E-state index contributed by atoms with van der Waals surface area (Å²) in [5.41, 5.74) is 2.82. The summed E-state index contributed by atoms with van der Waals surface area (Å²) < 4.78 is 18.7. The van der Waals surface area contributed by atoms with Gasteiger partial charge in [-0.2, -0.15) is 5.10 Å². The first-order valence-electron chi connectivity index (χ1n) is 12.9. The fraction of sp³-hybridized carbons (Fsp3) is 0.207. The van der Waals surface area contributed by atoms with E-state index in [2.05, 4.69) is 39.0 Å². The van der Waals surface area contributed by atoms with Crippen LogP contribution in [0.4, 0.5) is 15.9 Å². The van der Waals surface area contributed by atoms with Crippen molar-refractivity contribution in [2.75, 3.05) is 36.0 Å². The molecule has 3 aromatic heterocycles. The molecule has 1 fully saturated rings.